The van der Waals surface area contributed by atoms with Crippen molar-refractivity contribution < 1.29 is 14.6 Å². The molecule has 0 saturated carbocycles. The summed E-state index contributed by atoms with van der Waals surface area (Å²) in [6.07, 6.45) is 0. The SMILES string of the molecule is CCOC(=O)c1cc(C)n(-c2ccc(CO)cc2)n1. The number of aliphatic hydroxyl groups is 1. The van der Waals surface area contributed by atoms with E-state index in [1.807, 2.05) is 31.2 Å². The highest BCUT2D eigenvalue weighted by Crippen LogP contribution is 2.14. The van der Waals surface area contributed by atoms with Crippen molar-refractivity contribution in [1.82, 2.24) is 9.78 Å². The zero-order valence-corrected chi connectivity index (χ0v) is 11.0. The second-order valence-corrected chi connectivity index (χ2v) is 4.13. The fraction of sp³-hybridized carbons (Fsp3) is 0.286. The van der Waals surface area contributed by atoms with Gasteiger partial charge in [-0.3, -0.25) is 0 Å². The molecule has 1 N–H and O–H groups in total. The first-order chi connectivity index (χ1) is 9.15. The fourth-order valence-electron chi connectivity index (χ4n) is 1.78. The summed E-state index contributed by atoms with van der Waals surface area (Å²) in [4.78, 5) is 11.6. The summed E-state index contributed by atoms with van der Waals surface area (Å²) >= 11 is 0. The van der Waals surface area contributed by atoms with Gasteiger partial charge in [0.15, 0.2) is 5.69 Å². The monoisotopic (exact) mass is 260 g/mol. The van der Waals surface area contributed by atoms with Crippen LogP contribution in [0.4, 0.5) is 0 Å². The highest BCUT2D eigenvalue weighted by Gasteiger charge is 2.13. The minimum atomic E-state index is -0.420. The molecule has 0 unspecified atom stereocenters. The van der Waals surface area contributed by atoms with Crippen LogP contribution in [0.3, 0.4) is 0 Å². The summed E-state index contributed by atoms with van der Waals surface area (Å²) in [7, 11) is 0. The van der Waals surface area contributed by atoms with E-state index in [9.17, 15) is 4.79 Å². The number of ether oxygens (including phenoxy) is 1. The summed E-state index contributed by atoms with van der Waals surface area (Å²) in [6, 6.07) is 9.03. The molecule has 5 heteroatoms. The quantitative estimate of drug-likeness (QED) is 0.852. The topological polar surface area (TPSA) is 64.3 Å². The summed E-state index contributed by atoms with van der Waals surface area (Å²) in [5.41, 5.74) is 2.81. The van der Waals surface area contributed by atoms with Crippen molar-refractivity contribution in [1.29, 1.82) is 0 Å². The summed E-state index contributed by atoms with van der Waals surface area (Å²) in [6.45, 7) is 3.97. The maximum absolute atomic E-state index is 11.6. The van der Waals surface area contributed by atoms with Gasteiger partial charge in [0, 0.05) is 5.69 Å². The minimum Gasteiger partial charge on any atom is -0.461 e. The molecule has 0 aliphatic carbocycles. The third-order valence-electron chi connectivity index (χ3n) is 2.74. The van der Waals surface area contributed by atoms with Crippen molar-refractivity contribution in [2.24, 2.45) is 0 Å². The first kappa shape index (κ1) is 13.3. The molecule has 0 spiro atoms. The Hall–Kier alpha value is -2.14. The van der Waals surface area contributed by atoms with Gasteiger partial charge in [0.05, 0.1) is 18.9 Å². The lowest BCUT2D eigenvalue weighted by atomic mass is 10.2. The fourth-order valence-corrected chi connectivity index (χ4v) is 1.78. The van der Waals surface area contributed by atoms with E-state index >= 15 is 0 Å². The maximum Gasteiger partial charge on any atom is 0.358 e. The Morgan fingerprint density at radius 1 is 1.37 bits per heavy atom. The zero-order valence-electron chi connectivity index (χ0n) is 11.0. The number of rotatable bonds is 4. The van der Waals surface area contributed by atoms with E-state index in [4.69, 9.17) is 9.84 Å². The van der Waals surface area contributed by atoms with E-state index in [1.165, 1.54) is 0 Å². The largest absolute Gasteiger partial charge is 0.461 e. The van der Waals surface area contributed by atoms with E-state index in [1.54, 1.807) is 17.7 Å². The molecule has 0 fully saturated rings. The highest BCUT2D eigenvalue weighted by atomic mass is 16.5. The minimum absolute atomic E-state index is 0.00639. The molecule has 1 aromatic heterocycles. The van der Waals surface area contributed by atoms with E-state index < -0.39 is 5.97 Å². The standard InChI is InChI=1S/C14H16N2O3/c1-3-19-14(18)13-8-10(2)16(15-13)12-6-4-11(9-17)5-7-12/h4-8,17H,3,9H2,1-2H3. The molecule has 5 nitrogen and oxygen atoms in total. The lowest BCUT2D eigenvalue weighted by Gasteiger charge is -2.04. The molecule has 0 radical (unpaired) electrons. The number of aryl methyl sites for hydroxylation is 1. The summed E-state index contributed by atoms with van der Waals surface area (Å²) in [5, 5.41) is 13.2. The van der Waals surface area contributed by atoms with Gasteiger partial charge in [-0.05, 0) is 37.6 Å². The summed E-state index contributed by atoms with van der Waals surface area (Å²) < 4.78 is 6.59. The van der Waals surface area contributed by atoms with Gasteiger partial charge < -0.3 is 9.84 Å². The van der Waals surface area contributed by atoms with Crippen LogP contribution in [0.5, 0.6) is 0 Å². The van der Waals surface area contributed by atoms with Crippen LogP contribution >= 0.6 is 0 Å². The number of aromatic nitrogens is 2. The van der Waals surface area contributed by atoms with E-state index in [2.05, 4.69) is 5.10 Å². The number of hydrogen-bond donors (Lipinski definition) is 1. The molecule has 0 atom stereocenters. The first-order valence-electron chi connectivity index (χ1n) is 6.09. The van der Waals surface area contributed by atoms with Crippen LogP contribution in [0, 0.1) is 6.92 Å². The molecule has 0 aliphatic heterocycles. The molecule has 1 heterocycles. The molecule has 0 bridgehead atoms. The molecular formula is C14H16N2O3. The second kappa shape index (κ2) is 5.67. The number of esters is 1. The Kier molecular flexibility index (Phi) is 3.97. The van der Waals surface area contributed by atoms with Crippen LogP contribution in [-0.4, -0.2) is 27.5 Å². The van der Waals surface area contributed by atoms with Gasteiger partial charge in [-0.2, -0.15) is 5.10 Å². The summed E-state index contributed by atoms with van der Waals surface area (Å²) in [5.74, 6) is -0.420. The van der Waals surface area contributed by atoms with Crippen molar-refractivity contribution in [3.05, 3.63) is 47.3 Å². The van der Waals surface area contributed by atoms with Crippen molar-refractivity contribution in [3.63, 3.8) is 0 Å². The van der Waals surface area contributed by atoms with E-state index in [0.717, 1.165) is 16.9 Å². The third kappa shape index (κ3) is 2.82. The second-order valence-electron chi connectivity index (χ2n) is 4.13. The Labute approximate surface area is 111 Å². The zero-order chi connectivity index (χ0) is 13.8. The molecule has 100 valence electrons. The van der Waals surface area contributed by atoms with Gasteiger partial charge in [0.1, 0.15) is 0 Å². The van der Waals surface area contributed by atoms with Crippen LogP contribution in [0.25, 0.3) is 5.69 Å². The molecule has 19 heavy (non-hydrogen) atoms. The number of benzene rings is 1. The predicted molar refractivity (Wildman–Crippen MR) is 70.2 cm³/mol. The van der Waals surface area contributed by atoms with Crippen molar-refractivity contribution >= 4 is 5.97 Å². The average molecular weight is 260 g/mol. The average Bonchev–Trinajstić information content (AvgIpc) is 2.81. The maximum atomic E-state index is 11.6. The van der Waals surface area contributed by atoms with Gasteiger partial charge in [0.25, 0.3) is 0 Å². The van der Waals surface area contributed by atoms with Crippen LogP contribution in [0.1, 0.15) is 28.7 Å². The Morgan fingerprint density at radius 2 is 2.05 bits per heavy atom. The Morgan fingerprint density at radius 3 is 2.63 bits per heavy atom. The predicted octanol–water partition coefficient (Wildman–Crippen LogP) is 1.85. The number of nitrogens with zero attached hydrogens (tertiary/aromatic N) is 2. The molecule has 2 aromatic rings. The highest BCUT2D eigenvalue weighted by molar-refractivity contribution is 5.87. The van der Waals surface area contributed by atoms with Crippen molar-refractivity contribution in [3.8, 4) is 5.69 Å². The van der Waals surface area contributed by atoms with Gasteiger partial charge >= 0.3 is 5.97 Å². The molecule has 2 rings (SSSR count). The normalized spacial score (nSPS) is 10.5. The van der Waals surface area contributed by atoms with Crippen LogP contribution < -0.4 is 0 Å². The van der Waals surface area contributed by atoms with Crippen molar-refractivity contribution in [2.45, 2.75) is 20.5 Å². The smallest absolute Gasteiger partial charge is 0.358 e. The van der Waals surface area contributed by atoms with Crippen LogP contribution in [0.2, 0.25) is 0 Å². The van der Waals surface area contributed by atoms with Gasteiger partial charge in [0.2, 0.25) is 0 Å². The Balaban J connectivity index is 2.31. The molecule has 0 saturated heterocycles. The Bertz CT molecular complexity index is 573. The number of carbonyl (C=O) groups excluding carboxylic acids is 1. The van der Waals surface area contributed by atoms with E-state index in [-0.39, 0.29) is 6.61 Å². The van der Waals surface area contributed by atoms with Gasteiger partial charge in [-0.25, -0.2) is 9.48 Å². The molecular weight excluding hydrogens is 244 g/mol. The van der Waals surface area contributed by atoms with Crippen LogP contribution in [0.15, 0.2) is 30.3 Å². The number of carbonyl (C=O) groups is 1. The first-order valence-corrected chi connectivity index (χ1v) is 6.09. The van der Waals surface area contributed by atoms with Gasteiger partial charge in [-0.1, -0.05) is 12.1 Å². The lowest BCUT2D eigenvalue weighted by molar-refractivity contribution is 0.0519. The van der Waals surface area contributed by atoms with Crippen molar-refractivity contribution in [2.75, 3.05) is 6.61 Å². The molecule has 0 amide bonds. The third-order valence-corrected chi connectivity index (χ3v) is 2.74. The van der Waals surface area contributed by atoms with Gasteiger partial charge in [-0.15, -0.1) is 0 Å². The van der Waals surface area contributed by atoms with Crippen LogP contribution in [-0.2, 0) is 11.3 Å². The lowest BCUT2D eigenvalue weighted by Crippen LogP contribution is -2.06. The molecule has 1 aromatic carbocycles. The van der Waals surface area contributed by atoms with E-state index in [0.29, 0.717) is 12.3 Å². The molecule has 0 aliphatic rings. The number of aliphatic hydroxyl groups excluding tert-OH is 1. The number of hydrogen-bond acceptors (Lipinski definition) is 4.